The van der Waals surface area contributed by atoms with Gasteiger partial charge in [-0.2, -0.15) is 0 Å². The van der Waals surface area contributed by atoms with E-state index in [1.54, 1.807) is 0 Å². The molecule has 4 N–H and O–H groups in total. The molecular weight excluding hydrogens is 94.0 g/mol. The number of rotatable bonds is 0. The first-order valence-electron chi connectivity index (χ1n) is 1.81. The highest BCUT2D eigenvalue weighted by molar-refractivity contribution is 5.42. The number of hydrogen-bond donors (Lipinski definition) is 3. The number of hydrogen-bond acceptors (Lipinski definition) is 3. The summed E-state index contributed by atoms with van der Waals surface area (Å²) in [5.74, 6) is -0.0602. The van der Waals surface area contributed by atoms with Gasteiger partial charge in [0.25, 0.3) is 0 Å². The SMILES string of the molecule is NC1=C(O)C=C1O. The molecule has 0 atom stereocenters. The minimum atomic E-state index is -0.0301. The Balaban J connectivity index is 2.73. The highest BCUT2D eigenvalue weighted by Gasteiger charge is 2.13. The van der Waals surface area contributed by atoms with Crippen LogP contribution in [0.3, 0.4) is 0 Å². The van der Waals surface area contributed by atoms with Gasteiger partial charge in [0.15, 0.2) is 0 Å². The summed E-state index contributed by atoms with van der Waals surface area (Å²) in [7, 11) is 0. The van der Waals surface area contributed by atoms with E-state index in [0.29, 0.717) is 0 Å². The van der Waals surface area contributed by atoms with Crippen molar-refractivity contribution >= 4 is 0 Å². The molecule has 1 rings (SSSR count). The topological polar surface area (TPSA) is 66.5 Å². The second kappa shape index (κ2) is 0.932. The van der Waals surface area contributed by atoms with E-state index >= 15 is 0 Å². The minimum absolute atomic E-state index is 0.0301. The van der Waals surface area contributed by atoms with Crippen molar-refractivity contribution in [3.63, 3.8) is 0 Å². The summed E-state index contributed by atoms with van der Waals surface area (Å²) in [6, 6.07) is 0. The van der Waals surface area contributed by atoms with Crippen LogP contribution < -0.4 is 5.73 Å². The zero-order valence-corrected chi connectivity index (χ0v) is 3.55. The van der Waals surface area contributed by atoms with Crippen molar-refractivity contribution < 1.29 is 10.2 Å². The van der Waals surface area contributed by atoms with Crippen LogP contribution in [0.2, 0.25) is 0 Å². The van der Waals surface area contributed by atoms with E-state index in [9.17, 15) is 0 Å². The summed E-state index contributed by atoms with van der Waals surface area (Å²) in [6.07, 6.45) is 1.19. The van der Waals surface area contributed by atoms with Gasteiger partial charge in [0.05, 0.1) is 0 Å². The van der Waals surface area contributed by atoms with Gasteiger partial charge in [0.1, 0.15) is 17.2 Å². The van der Waals surface area contributed by atoms with Gasteiger partial charge in [-0.3, -0.25) is 0 Å². The monoisotopic (exact) mass is 99.0 g/mol. The third-order valence-electron chi connectivity index (χ3n) is 0.825. The summed E-state index contributed by atoms with van der Waals surface area (Å²) in [5.41, 5.74) is 5.06. The molecule has 3 heteroatoms. The fourth-order valence-corrected chi connectivity index (χ4v) is 0.338. The number of aliphatic hydroxyl groups is 2. The Morgan fingerprint density at radius 2 is 2.00 bits per heavy atom. The fraction of sp³-hybridized carbons (Fsp3) is 0. The molecule has 0 aromatic carbocycles. The maximum Gasteiger partial charge on any atom is 0.146 e. The molecule has 0 unspecified atom stereocenters. The smallest absolute Gasteiger partial charge is 0.146 e. The summed E-state index contributed by atoms with van der Waals surface area (Å²) >= 11 is 0. The van der Waals surface area contributed by atoms with Gasteiger partial charge in [-0.05, 0) is 0 Å². The van der Waals surface area contributed by atoms with Crippen LogP contribution >= 0.6 is 0 Å². The zero-order valence-electron chi connectivity index (χ0n) is 3.55. The second-order valence-corrected chi connectivity index (χ2v) is 1.33. The lowest BCUT2D eigenvalue weighted by Crippen LogP contribution is -2.11. The van der Waals surface area contributed by atoms with Gasteiger partial charge in [-0.1, -0.05) is 0 Å². The van der Waals surface area contributed by atoms with Crippen LogP contribution in [0.15, 0.2) is 23.3 Å². The first kappa shape index (κ1) is 4.05. The van der Waals surface area contributed by atoms with Gasteiger partial charge in [0, 0.05) is 6.08 Å². The van der Waals surface area contributed by atoms with Crippen LogP contribution in [0.5, 0.6) is 0 Å². The normalized spacial score (nSPS) is 18.6. The zero-order chi connectivity index (χ0) is 5.44. The largest absolute Gasteiger partial charge is 0.506 e. The fourth-order valence-electron chi connectivity index (χ4n) is 0.338. The van der Waals surface area contributed by atoms with Crippen LogP contribution in [0, 0.1) is 0 Å². The standard InChI is InChI=1S/C4H5NO2/c5-4-2(6)1-3(4)7/h1,6-7H,5H2. The lowest BCUT2D eigenvalue weighted by molar-refractivity contribution is 0.358. The van der Waals surface area contributed by atoms with Crippen LogP contribution in [0.25, 0.3) is 0 Å². The average Bonchev–Trinajstić information content (AvgIpc) is 1.68. The third kappa shape index (κ3) is 0.342. The summed E-state index contributed by atoms with van der Waals surface area (Å²) < 4.78 is 0. The lowest BCUT2D eigenvalue weighted by atomic mass is 10.1. The highest BCUT2D eigenvalue weighted by Crippen LogP contribution is 2.16. The molecule has 0 radical (unpaired) electrons. The Bertz CT molecular complexity index is 157. The van der Waals surface area contributed by atoms with Crippen LogP contribution in [0.1, 0.15) is 0 Å². The Labute approximate surface area is 40.4 Å². The van der Waals surface area contributed by atoms with Crippen LogP contribution in [0.4, 0.5) is 0 Å². The molecule has 38 valence electrons. The second-order valence-electron chi connectivity index (χ2n) is 1.33. The van der Waals surface area contributed by atoms with Crippen LogP contribution in [-0.4, -0.2) is 10.2 Å². The molecule has 0 saturated heterocycles. The van der Waals surface area contributed by atoms with E-state index < -0.39 is 0 Å². The van der Waals surface area contributed by atoms with Gasteiger partial charge in [-0.15, -0.1) is 0 Å². The van der Waals surface area contributed by atoms with E-state index in [-0.39, 0.29) is 17.2 Å². The van der Waals surface area contributed by atoms with Crippen molar-refractivity contribution in [2.75, 3.05) is 0 Å². The van der Waals surface area contributed by atoms with Crippen LogP contribution in [-0.2, 0) is 0 Å². The van der Waals surface area contributed by atoms with Gasteiger partial charge < -0.3 is 15.9 Å². The Kier molecular flexibility index (Phi) is 0.539. The van der Waals surface area contributed by atoms with Gasteiger partial charge in [-0.25, -0.2) is 0 Å². The summed E-state index contributed by atoms with van der Waals surface area (Å²) in [4.78, 5) is 0. The lowest BCUT2D eigenvalue weighted by Gasteiger charge is -2.08. The van der Waals surface area contributed by atoms with E-state index in [4.69, 9.17) is 15.9 Å². The van der Waals surface area contributed by atoms with E-state index in [1.807, 2.05) is 0 Å². The van der Waals surface area contributed by atoms with Crippen molar-refractivity contribution in [2.45, 2.75) is 0 Å². The van der Waals surface area contributed by atoms with E-state index in [1.165, 1.54) is 6.08 Å². The number of nitrogens with two attached hydrogens (primary N) is 1. The molecule has 0 spiro atoms. The van der Waals surface area contributed by atoms with Crippen molar-refractivity contribution in [2.24, 2.45) is 5.73 Å². The first-order chi connectivity index (χ1) is 3.22. The molecule has 0 saturated carbocycles. The Hall–Kier alpha value is -1.12. The molecule has 0 heterocycles. The molecule has 0 aliphatic heterocycles. The quantitative estimate of drug-likeness (QED) is 0.405. The molecular formula is C4H5NO2. The maximum absolute atomic E-state index is 8.41. The maximum atomic E-state index is 8.41. The average molecular weight is 99.1 g/mol. The molecule has 1 aliphatic rings. The van der Waals surface area contributed by atoms with Crippen molar-refractivity contribution in [1.29, 1.82) is 0 Å². The minimum Gasteiger partial charge on any atom is -0.506 e. The molecule has 0 bridgehead atoms. The van der Waals surface area contributed by atoms with Crippen molar-refractivity contribution in [3.05, 3.63) is 23.3 Å². The Morgan fingerprint density at radius 3 is 2.00 bits per heavy atom. The predicted molar refractivity (Wildman–Crippen MR) is 24.6 cm³/mol. The van der Waals surface area contributed by atoms with Gasteiger partial charge in [0.2, 0.25) is 0 Å². The predicted octanol–water partition coefficient (Wildman–Crippen LogP) is 0.170. The van der Waals surface area contributed by atoms with E-state index in [0.717, 1.165) is 0 Å². The van der Waals surface area contributed by atoms with E-state index in [2.05, 4.69) is 0 Å². The number of allylic oxidation sites excluding steroid dienone is 1. The van der Waals surface area contributed by atoms with Crippen molar-refractivity contribution in [1.82, 2.24) is 0 Å². The molecule has 0 aromatic rings. The number of aliphatic hydroxyl groups excluding tert-OH is 2. The molecule has 3 nitrogen and oxygen atoms in total. The summed E-state index contributed by atoms with van der Waals surface area (Å²) in [6.45, 7) is 0. The molecule has 7 heavy (non-hydrogen) atoms. The summed E-state index contributed by atoms with van der Waals surface area (Å²) in [5, 5.41) is 16.8. The molecule has 0 fully saturated rings. The highest BCUT2D eigenvalue weighted by atomic mass is 16.3. The molecule has 1 aliphatic carbocycles. The Morgan fingerprint density at radius 1 is 1.43 bits per heavy atom. The first-order valence-corrected chi connectivity index (χ1v) is 1.81. The van der Waals surface area contributed by atoms with Gasteiger partial charge >= 0.3 is 0 Å². The molecule has 0 aromatic heterocycles. The van der Waals surface area contributed by atoms with Crippen molar-refractivity contribution in [3.8, 4) is 0 Å². The molecule has 0 amide bonds. The third-order valence-corrected chi connectivity index (χ3v) is 0.825.